The van der Waals surface area contributed by atoms with E-state index < -0.39 is 25.0 Å². The van der Waals surface area contributed by atoms with Gasteiger partial charge in [0.2, 0.25) is 10.0 Å². The molecule has 2 aromatic carbocycles. The molecule has 3 rings (SSSR count). The average molecular weight is 440 g/mol. The highest BCUT2D eigenvalue weighted by atomic mass is 32.2. The van der Waals surface area contributed by atoms with Crippen LogP contribution in [0, 0.1) is 16.0 Å². The van der Waals surface area contributed by atoms with Crippen molar-refractivity contribution in [3.8, 4) is 0 Å². The van der Waals surface area contributed by atoms with E-state index in [0.717, 1.165) is 18.9 Å². The van der Waals surface area contributed by atoms with Crippen molar-refractivity contribution in [2.75, 3.05) is 17.8 Å². The van der Waals surface area contributed by atoms with Gasteiger partial charge in [-0.15, -0.1) is 0 Å². The smallest absolute Gasteiger partial charge is 0.270 e. The summed E-state index contributed by atoms with van der Waals surface area (Å²) in [6.45, 7) is 2.94. The molecule has 9 nitrogen and oxygen atoms in total. The van der Waals surface area contributed by atoms with Crippen LogP contribution in [0.3, 0.4) is 0 Å². The third-order valence-electron chi connectivity index (χ3n) is 4.70. The molecule has 0 aliphatic carbocycles. The van der Waals surface area contributed by atoms with E-state index in [4.69, 9.17) is 0 Å². The molecule has 1 N–H and O–H groups in total. The minimum absolute atomic E-state index is 0.0879. The lowest BCUT2D eigenvalue weighted by molar-refractivity contribution is -0.385. The van der Waals surface area contributed by atoms with Gasteiger partial charge in [0.05, 0.1) is 14.7 Å². The summed E-state index contributed by atoms with van der Waals surface area (Å²) in [6, 6.07) is 10.1. The topological polar surface area (TPSA) is 127 Å². The molecule has 0 aromatic heterocycles. The summed E-state index contributed by atoms with van der Waals surface area (Å²) in [5.74, 6) is 0.291. The molecule has 0 bridgehead atoms. The van der Waals surface area contributed by atoms with Gasteiger partial charge in [-0.2, -0.15) is 4.31 Å². The second kappa shape index (κ2) is 8.09. The number of nitro benzene ring substituents is 1. The normalized spacial score (nSPS) is 18.3. The average Bonchev–Trinajstić information content (AvgIpc) is 2.68. The Balaban J connectivity index is 1.80. The number of nitro groups is 1. The van der Waals surface area contributed by atoms with Crippen molar-refractivity contribution in [3.63, 3.8) is 0 Å². The Morgan fingerprint density at radius 3 is 2.38 bits per heavy atom. The number of nitrogens with zero attached hydrogens (tertiary/aromatic N) is 2. The summed E-state index contributed by atoms with van der Waals surface area (Å²) >= 11 is 0. The fourth-order valence-electron chi connectivity index (χ4n) is 3.19. The predicted molar refractivity (Wildman–Crippen MR) is 108 cm³/mol. The minimum atomic E-state index is -4.06. The summed E-state index contributed by atoms with van der Waals surface area (Å²) < 4.78 is 54.3. The number of rotatable bonds is 6. The monoisotopic (exact) mass is 439 g/mol. The van der Waals surface area contributed by atoms with Gasteiger partial charge in [0.25, 0.3) is 15.7 Å². The van der Waals surface area contributed by atoms with Gasteiger partial charge in [-0.3, -0.25) is 14.8 Å². The maximum Gasteiger partial charge on any atom is 0.270 e. The third kappa shape index (κ3) is 4.74. The van der Waals surface area contributed by atoms with Gasteiger partial charge in [0.15, 0.2) is 0 Å². The van der Waals surface area contributed by atoms with Gasteiger partial charge in [-0.25, -0.2) is 16.8 Å². The molecule has 0 spiro atoms. The van der Waals surface area contributed by atoms with Crippen molar-refractivity contribution in [2.45, 2.75) is 29.6 Å². The lowest BCUT2D eigenvalue weighted by atomic mass is 10.0. The maximum atomic E-state index is 12.8. The fraction of sp³-hybridized carbons (Fsp3) is 0.333. The Labute approximate surface area is 169 Å². The molecule has 0 saturated carbocycles. The highest BCUT2D eigenvalue weighted by Gasteiger charge is 2.28. The first-order valence-corrected chi connectivity index (χ1v) is 11.9. The third-order valence-corrected chi connectivity index (χ3v) is 7.96. The number of nitrogens with one attached hydrogen (secondary N) is 1. The zero-order valence-corrected chi connectivity index (χ0v) is 17.3. The Bertz CT molecular complexity index is 1110. The van der Waals surface area contributed by atoms with E-state index in [9.17, 15) is 26.9 Å². The van der Waals surface area contributed by atoms with Crippen LogP contribution in [-0.4, -0.2) is 39.2 Å². The second-order valence-corrected chi connectivity index (χ2v) is 10.6. The van der Waals surface area contributed by atoms with Crippen LogP contribution in [0.15, 0.2) is 58.3 Å². The molecule has 2 aromatic rings. The van der Waals surface area contributed by atoms with E-state index >= 15 is 0 Å². The first-order valence-electron chi connectivity index (χ1n) is 8.97. The molecule has 0 radical (unpaired) electrons. The molecular weight excluding hydrogens is 418 g/mol. The molecule has 1 aliphatic rings. The Hall–Kier alpha value is -2.50. The predicted octanol–water partition coefficient (Wildman–Crippen LogP) is 2.82. The SMILES string of the molecule is CC1CCCN(S(=O)(=O)c2ccc(NS(=O)(=O)c3cccc([N+](=O)[O-])c3)cc2)C1. The van der Waals surface area contributed by atoms with Gasteiger partial charge >= 0.3 is 0 Å². The van der Waals surface area contributed by atoms with Crippen LogP contribution < -0.4 is 4.72 Å². The number of anilines is 1. The van der Waals surface area contributed by atoms with E-state index in [1.807, 2.05) is 6.92 Å². The quantitative estimate of drug-likeness (QED) is 0.545. The molecule has 1 atom stereocenters. The standard InChI is InChI=1S/C18H21N3O6S2/c1-14-4-3-11-20(13-14)29(26,27)17-9-7-15(8-10-17)19-28(24,25)18-6-2-5-16(12-18)21(22)23/h2,5-10,12,14,19H,3-4,11,13H2,1H3. The zero-order chi connectivity index (χ0) is 21.2. The molecule has 29 heavy (non-hydrogen) atoms. The van der Waals surface area contributed by atoms with Gasteiger partial charge in [-0.1, -0.05) is 13.0 Å². The van der Waals surface area contributed by atoms with Crippen molar-refractivity contribution < 1.29 is 21.8 Å². The van der Waals surface area contributed by atoms with Crippen molar-refractivity contribution in [1.29, 1.82) is 0 Å². The van der Waals surface area contributed by atoms with Crippen LogP contribution in [0.5, 0.6) is 0 Å². The lowest BCUT2D eigenvalue weighted by Crippen LogP contribution is -2.39. The minimum Gasteiger partial charge on any atom is -0.280 e. The van der Waals surface area contributed by atoms with E-state index in [-0.39, 0.29) is 21.2 Å². The molecule has 1 saturated heterocycles. The summed E-state index contributed by atoms with van der Waals surface area (Å²) in [4.78, 5) is 10.00. The zero-order valence-electron chi connectivity index (χ0n) is 15.7. The van der Waals surface area contributed by atoms with E-state index in [2.05, 4.69) is 4.72 Å². The van der Waals surface area contributed by atoms with Gasteiger partial charge < -0.3 is 0 Å². The van der Waals surface area contributed by atoms with Crippen LogP contribution in [0.1, 0.15) is 19.8 Å². The first-order chi connectivity index (χ1) is 13.6. The van der Waals surface area contributed by atoms with Gasteiger partial charge in [0.1, 0.15) is 0 Å². The van der Waals surface area contributed by atoms with Crippen LogP contribution in [0.25, 0.3) is 0 Å². The van der Waals surface area contributed by atoms with Crippen molar-refractivity contribution in [1.82, 2.24) is 4.31 Å². The number of benzene rings is 2. The van der Waals surface area contributed by atoms with Crippen LogP contribution in [0.2, 0.25) is 0 Å². The van der Waals surface area contributed by atoms with Crippen molar-refractivity contribution >= 4 is 31.4 Å². The summed E-state index contributed by atoms with van der Waals surface area (Å²) in [7, 11) is -7.70. The Kier molecular flexibility index (Phi) is 5.92. The number of sulfonamides is 2. The van der Waals surface area contributed by atoms with E-state index in [1.165, 1.54) is 46.8 Å². The molecule has 0 amide bonds. The highest BCUT2D eigenvalue weighted by Crippen LogP contribution is 2.25. The molecular formula is C18H21N3O6S2. The second-order valence-electron chi connectivity index (χ2n) is 6.99. The van der Waals surface area contributed by atoms with Crippen molar-refractivity contribution in [3.05, 3.63) is 58.6 Å². The lowest BCUT2D eigenvalue weighted by Gasteiger charge is -2.30. The fourth-order valence-corrected chi connectivity index (χ4v) is 5.88. The number of non-ortho nitro benzene ring substituents is 1. The van der Waals surface area contributed by atoms with Crippen LogP contribution in [-0.2, 0) is 20.0 Å². The molecule has 11 heteroatoms. The molecule has 1 fully saturated rings. The van der Waals surface area contributed by atoms with Gasteiger partial charge in [-0.05, 0) is 49.1 Å². The van der Waals surface area contributed by atoms with E-state index in [1.54, 1.807) is 0 Å². The Morgan fingerprint density at radius 2 is 1.76 bits per heavy atom. The van der Waals surface area contributed by atoms with Crippen molar-refractivity contribution in [2.24, 2.45) is 5.92 Å². The van der Waals surface area contributed by atoms with Gasteiger partial charge in [0, 0.05) is 30.9 Å². The molecule has 1 aliphatic heterocycles. The summed E-state index contributed by atoms with van der Waals surface area (Å²) in [5.41, 5.74) is -0.187. The highest BCUT2D eigenvalue weighted by molar-refractivity contribution is 7.92. The Morgan fingerprint density at radius 1 is 1.07 bits per heavy atom. The number of hydrogen-bond donors (Lipinski definition) is 1. The first kappa shape index (κ1) is 21.2. The number of hydrogen-bond acceptors (Lipinski definition) is 6. The summed E-state index contributed by atoms with van der Waals surface area (Å²) in [6.07, 6.45) is 1.80. The largest absolute Gasteiger partial charge is 0.280 e. The van der Waals surface area contributed by atoms with E-state index in [0.29, 0.717) is 19.0 Å². The summed E-state index contributed by atoms with van der Waals surface area (Å²) in [5, 5.41) is 10.9. The van der Waals surface area contributed by atoms with Crippen LogP contribution >= 0.6 is 0 Å². The molecule has 1 unspecified atom stereocenters. The maximum absolute atomic E-state index is 12.8. The van der Waals surface area contributed by atoms with Crippen LogP contribution in [0.4, 0.5) is 11.4 Å². The molecule has 156 valence electrons. The molecule has 1 heterocycles. The number of piperidine rings is 1.